The molecule has 5 heteroatoms. The normalized spacial score (nSPS) is 19.9. The molecule has 1 fully saturated rings. The summed E-state index contributed by atoms with van der Waals surface area (Å²) in [5.41, 5.74) is 3.62. The van der Waals surface area contributed by atoms with E-state index in [1.807, 2.05) is 30.3 Å². The molecule has 2 aromatic rings. The van der Waals surface area contributed by atoms with Crippen LogP contribution in [0.3, 0.4) is 0 Å². The highest BCUT2D eigenvalue weighted by Gasteiger charge is 2.31. The molecule has 0 spiro atoms. The number of hydrogen-bond acceptors (Lipinski definition) is 4. The number of carbonyl (C=O) groups is 1. The number of nitriles is 1. The Balaban J connectivity index is 1.67. The lowest BCUT2D eigenvalue weighted by atomic mass is 9.90. The molecule has 1 unspecified atom stereocenters. The predicted octanol–water partition coefficient (Wildman–Crippen LogP) is 3.79. The smallest absolute Gasteiger partial charge is 0.217 e. The van der Waals surface area contributed by atoms with Crippen molar-refractivity contribution < 1.29 is 4.79 Å². The predicted molar refractivity (Wildman–Crippen MR) is 108 cm³/mol. The fourth-order valence-electron chi connectivity index (χ4n) is 3.85. The molecular weight excluding hydrogens is 336 g/mol. The van der Waals surface area contributed by atoms with E-state index in [0.717, 1.165) is 43.9 Å². The molecule has 0 radical (unpaired) electrons. The van der Waals surface area contributed by atoms with Crippen LogP contribution in [0.5, 0.6) is 0 Å². The van der Waals surface area contributed by atoms with E-state index in [-0.39, 0.29) is 11.4 Å². The van der Waals surface area contributed by atoms with Gasteiger partial charge in [0.25, 0.3) is 0 Å². The second-order valence-corrected chi connectivity index (χ2v) is 7.57. The van der Waals surface area contributed by atoms with E-state index >= 15 is 0 Å². The van der Waals surface area contributed by atoms with E-state index in [1.54, 1.807) is 13.0 Å². The van der Waals surface area contributed by atoms with E-state index in [4.69, 9.17) is 5.26 Å². The molecule has 2 aromatic carbocycles. The molecule has 1 amide bonds. The molecule has 1 atom stereocenters. The standard InChI is InChI=1S/C22H26N4O/c1-17(27)25-22(2)10-5-11-26(16-22)15-19-7-4-9-21(13-19)24-20-8-3-6-18(12-20)14-23/h3-4,6-9,12-13,24H,5,10-11,15-16H2,1-2H3,(H,25,27). The van der Waals surface area contributed by atoms with Gasteiger partial charge < -0.3 is 10.6 Å². The Morgan fingerprint density at radius 2 is 1.96 bits per heavy atom. The van der Waals surface area contributed by atoms with Crippen molar-refractivity contribution >= 4 is 17.3 Å². The van der Waals surface area contributed by atoms with Crippen molar-refractivity contribution in [2.45, 2.75) is 38.8 Å². The molecule has 0 aliphatic carbocycles. The average molecular weight is 362 g/mol. The van der Waals surface area contributed by atoms with Crippen molar-refractivity contribution in [2.24, 2.45) is 0 Å². The van der Waals surface area contributed by atoms with Gasteiger partial charge in [0.05, 0.1) is 11.6 Å². The number of carbonyl (C=O) groups excluding carboxylic acids is 1. The SMILES string of the molecule is CC(=O)NC1(C)CCCN(Cc2cccc(Nc3cccc(C#N)c3)c2)C1. The fourth-order valence-corrected chi connectivity index (χ4v) is 3.85. The Kier molecular flexibility index (Phi) is 5.78. The van der Waals surface area contributed by atoms with Gasteiger partial charge in [-0.3, -0.25) is 9.69 Å². The summed E-state index contributed by atoms with van der Waals surface area (Å²) in [7, 11) is 0. The number of likely N-dealkylation sites (tertiary alicyclic amines) is 1. The van der Waals surface area contributed by atoms with Crippen LogP contribution >= 0.6 is 0 Å². The Morgan fingerprint density at radius 1 is 1.22 bits per heavy atom. The maximum absolute atomic E-state index is 11.5. The third-order valence-corrected chi connectivity index (χ3v) is 4.87. The first-order chi connectivity index (χ1) is 13.0. The highest BCUT2D eigenvalue weighted by atomic mass is 16.1. The van der Waals surface area contributed by atoms with E-state index in [9.17, 15) is 4.79 Å². The molecule has 0 saturated carbocycles. The van der Waals surface area contributed by atoms with Crippen LogP contribution in [-0.4, -0.2) is 29.4 Å². The van der Waals surface area contributed by atoms with Gasteiger partial charge in [-0.25, -0.2) is 0 Å². The van der Waals surface area contributed by atoms with Gasteiger partial charge >= 0.3 is 0 Å². The lowest BCUT2D eigenvalue weighted by Gasteiger charge is -2.41. The van der Waals surface area contributed by atoms with Gasteiger partial charge in [0.1, 0.15) is 0 Å². The molecule has 27 heavy (non-hydrogen) atoms. The second-order valence-electron chi connectivity index (χ2n) is 7.57. The van der Waals surface area contributed by atoms with Crippen molar-refractivity contribution in [1.29, 1.82) is 5.26 Å². The molecule has 0 aromatic heterocycles. The van der Waals surface area contributed by atoms with E-state index < -0.39 is 0 Å². The third-order valence-electron chi connectivity index (χ3n) is 4.87. The minimum absolute atomic E-state index is 0.0325. The molecule has 1 heterocycles. The molecule has 1 saturated heterocycles. The van der Waals surface area contributed by atoms with E-state index in [2.05, 4.69) is 40.7 Å². The molecule has 3 rings (SSSR count). The molecule has 5 nitrogen and oxygen atoms in total. The topological polar surface area (TPSA) is 68.2 Å². The Hall–Kier alpha value is -2.84. The van der Waals surface area contributed by atoms with Gasteiger partial charge in [0, 0.05) is 36.9 Å². The summed E-state index contributed by atoms with van der Waals surface area (Å²) in [5, 5.41) is 15.5. The average Bonchev–Trinajstić information content (AvgIpc) is 2.61. The van der Waals surface area contributed by atoms with Gasteiger partial charge in [0.15, 0.2) is 0 Å². The minimum atomic E-state index is -0.155. The zero-order valence-corrected chi connectivity index (χ0v) is 16.0. The van der Waals surface area contributed by atoms with Crippen molar-refractivity contribution in [2.75, 3.05) is 18.4 Å². The van der Waals surface area contributed by atoms with Crippen LogP contribution in [0.1, 0.15) is 37.8 Å². The van der Waals surface area contributed by atoms with Crippen LogP contribution in [0.2, 0.25) is 0 Å². The second kappa shape index (κ2) is 8.24. The van der Waals surface area contributed by atoms with Crippen LogP contribution in [0.4, 0.5) is 11.4 Å². The Morgan fingerprint density at radius 3 is 2.70 bits per heavy atom. The number of piperidine rings is 1. The summed E-state index contributed by atoms with van der Waals surface area (Å²) >= 11 is 0. The van der Waals surface area contributed by atoms with Gasteiger partial charge in [-0.05, 0) is 62.2 Å². The zero-order valence-electron chi connectivity index (χ0n) is 16.0. The summed E-state index contributed by atoms with van der Waals surface area (Å²) in [6.07, 6.45) is 2.09. The Labute approximate surface area is 161 Å². The number of anilines is 2. The number of nitrogens with one attached hydrogen (secondary N) is 2. The van der Waals surface area contributed by atoms with Crippen molar-refractivity contribution in [1.82, 2.24) is 10.2 Å². The summed E-state index contributed by atoms with van der Waals surface area (Å²) in [6, 6.07) is 18.0. The van der Waals surface area contributed by atoms with E-state index in [1.165, 1.54) is 5.56 Å². The molecule has 140 valence electrons. The zero-order chi connectivity index (χ0) is 19.3. The summed E-state index contributed by atoms with van der Waals surface area (Å²) < 4.78 is 0. The molecular formula is C22H26N4O. The van der Waals surface area contributed by atoms with Crippen LogP contribution in [0.25, 0.3) is 0 Å². The Bertz CT molecular complexity index is 857. The quantitative estimate of drug-likeness (QED) is 0.849. The van der Waals surface area contributed by atoms with Crippen LogP contribution in [-0.2, 0) is 11.3 Å². The monoisotopic (exact) mass is 362 g/mol. The first-order valence-electron chi connectivity index (χ1n) is 9.33. The van der Waals surface area contributed by atoms with Crippen molar-refractivity contribution in [3.8, 4) is 6.07 Å². The summed E-state index contributed by atoms with van der Waals surface area (Å²) in [4.78, 5) is 13.9. The number of amides is 1. The fraction of sp³-hybridized carbons (Fsp3) is 0.364. The third kappa shape index (κ3) is 5.32. The maximum Gasteiger partial charge on any atom is 0.217 e. The van der Waals surface area contributed by atoms with Gasteiger partial charge in [-0.1, -0.05) is 18.2 Å². The molecule has 1 aliphatic heterocycles. The highest BCUT2D eigenvalue weighted by molar-refractivity contribution is 5.73. The number of benzene rings is 2. The summed E-state index contributed by atoms with van der Waals surface area (Å²) in [5.74, 6) is 0.0325. The largest absolute Gasteiger partial charge is 0.355 e. The highest BCUT2D eigenvalue weighted by Crippen LogP contribution is 2.24. The van der Waals surface area contributed by atoms with Gasteiger partial charge in [-0.15, -0.1) is 0 Å². The number of hydrogen-bond donors (Lipinski definition) is 2. The van der Waals surface area contributed by atoms with E-state index in [0.29, 0.717) is 5.56 Å². The van der Waals surface area contributed by atoms with Gasteiger partial charge in [0.2, 0.25) is 5.91 Å². The first-order valence-corrected chi connectivity index (χ1v) is 9.33. The van der Waals surface area contributed by atoms with Crippen LogP contribution < -0.4 is 10.6 Å². The first kappa shape index (κ1) is 18.9. The maximum atomic E-state index is 11.5. The lowest BCUT2D eigenvalue weighted by molar-refractivity contribution is -0.121. The van der Waals surface area contributed by atoms with Crippen LogP contribution in [0.15, 0.2) is 48.5 Å². The van der Waals surface area contributed by atoms with Crippen molar-refractivity contribution in [3.05, 3.63) is 59.7 Å². The van der Waals surface area contributed by atoms with Gasteiger partial charge in [-0.2, -0.15) is 5.26 Å². The molecule has 0 bridgehead atoms. The molecule has 1 aliphatic rings. The van der Waals surface area contributed by atoms with Crippen LogP contribution in [0, 0.1) is 11.3 Å². The molecule has 2 N–H and O–H groups in total. The minimum Gasteiger partial charge on any atom is -0.355 e. The number of nitrogens with zero attached hydrogens (tertiary/aromatic N) is 2. The number of rotatable bonds is 5. The lowest BCUT2D eigenvalue weighted by Crippen LogP contribution is -2.56. The summed E-state index contributed by atoms with van der Waals surface area (Å²) in [6.45, 7) is 6.45. The van der Waals surface area contributed by atoms with Crippen molar-refractivity contribution in [3.63, 3.8) is 0 Å².